The summed E-state index contributed by atoms with van der Waals surface area (Å²) in [6, 6.07) is 7.97. The predicted octanol–water partition coefficient (Wildman–Crippen LogP) is 1.90. The van der Waals surface area contributed by atoms with Crippen LogP contribution in [-0.4, -0.2) is 27.7 Å². The van der Waals surface area contributed by atoms with Crippen LogP contribution in [0.1, 0.15) is 26.1 Å². The monoisotopic (exact) mass is 286 g/mol. The van der Waals surface area contributed by atoms with E-state index in [2.05, 4.69) is 16.9 Å². The van der Waals surface area contributed by atoms with Gasteiger partial charge in [-0.25, -0.2) is 4.98 Å². The van der Waals surface area contributed by atoms with Gasteiger partial charge in [0, 0.05) is 11.8 Å². The minimum atomic E-state index is 0.0843. The number of benzene rings is 1. The molecule has 1 aromatic carbocycles. The number of rotatable bonds is 5. The maximum absolute atomic E-state index is 9.42. The van der Waals surface area contributed by atoms with Gasteiger partial charge in [-0.2, -0.15) is 4.98 Å². The number of aryl methyl sites for hydroxylation is 1. The number of nitrogens with two attached hydrogens (primary N) is 1. The molecule has 0 saturated heterocycles. The van der Waals surface area contributed by atoms with Gasteiger partial charge in [0.15, 0.2) is 0 Å². The first kappa shape index (κ1) is 14.0. The molecule has 5 heteroatoms. The normalized spacial score (nSPS) is 13.1. The number of furan rings is 1. The zero-order valence-electron chi connectivity index (χ0n) is 12.3. The van der Waals surface area contributed by atoms with E-state index in [9.17, 15) is 5.11 Å². The molecule has 3 rings (SSSR count). The largest absolute Gasteiger partial charge is 0.446 e. The molecule has 0 spiro atoms. The standard InChI is InChI=1S/C16H19N3O2/c1-3-10(9-20)17-16-15-14(18-13(4-2)19-16)11-7-5-6-8-12(11)21-15/h5-8,10,20H,3-4,9H2,1-2H3,(H,17,18,19)/p+1. The number of hydrogen-bond acceptors (Lipinski definition) is 4. The molecular weight excluding hydrogens is 266 g/mol. The fourth-order valence-electron chi connectivity index (χ4n) is 2.45. The Morgan fingerprint density at radius 2 is 2.05 bits per heavy atom. The molecule has 3 N–H and O–H groups in total. The van der Waals surface area contributed by atoms with E-state index in [0.29, 0.717) is 5.58 Å². The van der Waals surface area contributed by atoms with Crippen molar-refractivity contribution >= 4 is 27.9 Å². The van der Waals surface area contributed by atoms with Crippen LogP contribution < -0.4 is 5.32 Å². The van der Waals surface area contributed by atoms with Crippen LogP contribution in [0.2, 0.25) is 0 Å². The van der Waals surface area contributed by atoms with Crippen LogP contribution in [0.5, 0.6) is 0 Å². The van der Waals surface area contributed by atoms with Crippen molar-refractivity contribution in [2.24, 2.45) is 0 Å². The zero-order chi connectivity index (χ0) is 14.8. The van der Waals surface area contributed by atoms with E-state index in [4.69, 9.17) is 4.42 Å². The third-order valence-corrected chi connectivity index (χ3v) is 3.76. The molecule has 0 aliphatic carbocycles. The van der Waals surface area contributed by atoms with E-state index in [0.717, 1.165) is 41.0 Å². The molecule has 0 saturated carbocycles. The van der Waals surface area contributed by atoms with Crippen molar-refractivity contribution in [3.63, 3.8) is 0 Å². The van der Waals surface area contributed by atoms with Gasteiger partial charge in [0.25, 0.3) is 5.82 Å². The molecule has 21 heavy (non-hydrogen) atoms. The van der Waals surface area contributed by atoms with Gasteiger partial charge in [-0.05, 0) is 18.6 Å². The molecule has 0 amide bonds. The Morgan fingerprint density at radius 3 is 2.76 bits per heavy atom. The zero-order valence-corrected chi connectivity index (χ0v) is 12.3. The van der Waals surface area contributed by atoms with Crippen LogP contribution in [-0.2, 0) is 6.42 Å². The highest BCUT2D eigenvalue weighted by molar-refractivity contribution is 6.04. The Balaban J connectivity index is 2.21. The average Bonchev–Trinajstić information content (AvgIpc) is 2.91. The Labute approximate surface area is 123 Å². The van der Waals surface area contributed by atoms with E-state index in [1.54, 1.807) is 0 Å². The van der Waals surface area contributed by atoms with Gasteiger partial charge in [0.05, 0.1) is 6.61 Å². The number of aliphatic hydroxyl groups is 1. The summed E-state index contributed by atoms with van der Waals surface area (Å²) in [6.45, 7) is 4.20. The molecular formula is C16H20N3O2+. The van der Waals surface area contributed by atoms with E-state index >= 15 is 0 Å². The summed E-state index contributed by atoms with van der Waals surface area (Å²) in [7, 11) is 0. The highest BCUT2D eigenvalue weighted by Gasteiger charge is 2.20. The summed E-state index contributed by atoms with van der Waals surface area (Å²) in [5, 5.41) is 12.4. The SMILES string of the molecule is CCc1nc([NH2+]C(CC)CO)c2oc3ccccc3c2n1. The van der Waals surface area contributed by atoms with E-state index in [1.165, 1.54) is 0 Å². The first-order valence-electron chi connectivity index (χ1n) is 7.40. The Morgan fingerprint density at radius 1 is 1.24 bits per heavy atom. The number of aliphatic hydroxyl groups excluding tert-OH is 1. The maximum atomic E-state index is 9.42. The van der Waals surface area contributed by atoms with Crippen LogP contribution >= 0.6 is 0 Å². The summed E-state index contributed by atoms with van der Waals surface area (Å²) in [6.07, 6.45) is 1.63. The quantitative estimate of drug-likeness (QED) is 0.751. The lowest BCUT2D eigenvalue weighted by molar-refractivity contribution is -0.616. The lowest BCUT2D eigenvalue weighted by Crippen LogP contribution is -2.86. The molecule has 1 atom stereocenters. The van der Waals surface area contributed by atoms with Crippen molar-refractivity contribution in [1.82, 2.24) is 9.97 Å². The van der Waals surface area contributed by atoms with Crippen molar-refractivity contribution in [2.75, 3.05) is 6.61 Å². The van der Waals surface area contributed by atoms with E-state index in [-0.39, 0.29) is 12.6 Å². The van der Waals surface area contributed by atoms with Gasteiger partial charge in [0.2, 0.25) is 5.58 Å². The number of fused-ring (bicyclic) bond motifs is 3. The molecule has 2 heterocycles. The molecule has 110 valence electrons. The van der Waals surface area contributed by atoms with Gasteiger partial charge >= 0.3 is 0 Å². The lowest BCUT2D eigenvalue weighted by atomic mass is 10.2. The molecule has 3 aromatic rings. The molecule has 0 radical (unpaired) electrons. The fraction of sp³-hybridized carbons (Fsp3) is 0.375. The number of quaternary nitrogens is 1. The van der Waals surface area contributed by atoms with Crippen LogP contribution in [0.15, 0.2) is 28.7 Å². The van der Waals surface area contributed by atoms with Crippen molar-refractivity contribution in [3.8, 4) is 0 Å². The van der Waals surface area contributed by atoms with Crippen molar-refractivity contribution in [2.45, 2.75) is 32.7 Å². The minimum Gasteiger partial charge on any atom is -0.446 e. The highest BCUT2D eigenvalue weighted by atomic mass is 16.3. The van der Waals surface area contributed by atoms with Crippen LogP contribution in [0.4, 0.5) is 5.82 Å². The number of nitrogens with zero attached hydrogens (tertiary/aromatic N) is 2. The number of para-hydroxylation sites is 1. The average molecular weight is 286 g/mol. The molecule has 5 nitrogen and oxygen atoms in total. The molecule has 1 unspecified atom stereocenters. The number of aromatic nitrogens is 2. The molecule has 0 aliphatic heterocycles. The Kier molecular flexibility index (Phi) is 3.86. The van der Waals surface area contributed by atoms with Crippen molar-refractivity contribution in [3.05, 3.63) is 30.1 Å². The van der Waals surface area contributed by atoms with Crippen molar-refractivity contribution < 1.29 is 14.8 Å². The van der Waals surface area contributed by atoms with E-state index < -0.39 is 0 Å². The summed E-state index contributed by atoms with van der Waals surface area (Å²) >= 11 is 0. The van der Waals surface area contributed by atoms with Crippen molar-refractivity contribution in [1.29, 1.82) is 0 Å². The highest BCUT2D eigenvalue weighted by Crippen LogP contribution is 2.29. The van der Waals surface area contributed by atoms with Crippen LogP contribution in [0, 0.1) is 0 Å². The second-order valence-electron chi connectivity index (χ2n) is 5.17. The van der Waals surface area contributed by atoms with Gasteiger partial charge in [0.1, 0.15) is 23.0 Å². The second kappa shape index (κ2) is 5.79. The summed E-state index contributed by atoms with van der Waals surface area (Å²) in [5.41, 5.74) is 2.39. The third kappa shape index (κ3) is 2.50. The third-order valence-electron chi connectivity index (χ3n) is 3.76. The van der Waals surface area contributed by atoms with Gasteiger partial charge in [-0.3, -0.25) is 5.32 Å². The molecule has 0 aliphatic rings. The molecule has 2 aromatic heterocycles. The maximum Gasteiger partial charge on any atom is 0.272 e. The topological polar surface area (TPSA) is 75.8 Å². The predicted molar refractivity (Wildman–Crippen MR) is 81.4 cm³/mol. The van der Waals surface area contributed by atoms with Gasteiger partial charge in [-0.1, -0.05) is 26.0 Å². The fourth-order valence-corrected chi connectivity index (χ4v) is 2.45. The van der Waals surface area contributed by atoms with E-state index in [1.807, 2.05) is 36.5 Å². The smallest absolute Gasteiger partial charge is 0.272 e. The summed E-state index contributed by atoms with van der Waals surface area (Å²) < 4.78 is 5.94. The first-order valence-corrected chi connectivity index (χ1v) is 7.40. The Hall–Kier alpha value is -1.98. The Bertz CT molecular complexity index is 763. The minimum absolute atomic E-state index is 0.0843. The first-order chi connectivity index (χ1) is 10.3. The molecule has 0 fully saturated rings. The number of hydrogen-bond donors (Lipinski definition) is 2. The molecule has 0 bridgehead atoms. The van der Waals surface area contributed by atoms with Crippen LogP contribution in [0.25, 0.3) is 22.1 Å². The summed E-state index contributed by atoms with van der Waals surface area (Å²) in [4.78, 5) is 9.19. The second-order valence-corrected chi connectivity index (χ2v) is 5.17. The van der Waals surface area contributed by atoms with Crippen LogP contribution in [0.3, 0.4) is 0 Å². The summed E-state index contributed by atoms with van der Waals surface area (Å²) in [5.74, 6) is 1.59. The van der Waals surface area contributed by atoms with Gasteiger partial charge in [-0.15, -0.1) is 0 Å². The lowest BCUT2D eigenvalue weighted by Gasteiger charge is -2.09. The van der Waals surface area contributed by atoms with Gasteiger partial charge < -0.3 is 9.52 Å².